The Bertz CT molecular complexity index is 1600. The number of carbonyl (C=O) groups excluding carboxylic acids is 1. The number of halogens is 2. The fraction of sp³-hybridized carbons (Fsp3) is 0.0400. The maximum atomic E-state index is 13.3. The largest absolute Gasteiger partial charge is 0.497 e. The van der Waals surface area contributed by atoms with E-state index in [-0.39, 0.29) is 11.6 Å². The number of H-pyrrole nitrogens is 1. The van der Waals surface area contributed by atoms with Gasteiger partial charge in [0.15, 0.2) is 5.69 Å². The summed E-state index contributed by atoms with van der Waals surface area (Å²) < 4.78 is 6.27. The average Bonchev–Trinajstić information content (AvgIpc) is 3.15. The number of nitrogens with one attached hydrogen (secondary N) is 1. The molecule has 0 bridgehead atoms. The van der Waals surface area contributed by atoms with Crippen molar-refractivity contribution in [2.45, 2.75) is 0 Å². The van der Waals surface area contributed by atoms with Crippen molar-refractivity contribution in [3.8, 4) is 22.9 Å². The van der Waals surface area contributed by atoms with E-state index in [0.717, 1.165) is 10.0 Å². The van der Waals surface area contributed by atoms with Gasteiger partial charge in [-0.1, -0.05) is 39.7 Å². The minimum absolute atomic E-state index is 0.134. The number of benzene rings is 3. The number of hydrogen-bond acceptors (Lipinski definition) is 5. The molecule has 34 heavy (non-hydrogen) atoms. The molecule has 0 unspecified atom stereocenters. The molecule has 5 rings (SSSR count). The van der Waals surface area contributed by atoms with Crippen LogP contribution in [0, 0.1) is 0 Å². The summed E-state index contributed by atoms with van der Waals surface area (Å²) in [6, 6.07) is 19.7. The van der Waals surface area contributed by atoms with Crippen LogP contribution < -0.4 is 4.74 Å². The van der Waals surface area contributed by atoms with E-state index >= 15 is 0 Å². The third kappa shape index (κ3) is 4.13. The summed E-state index contributed by atoms with van der Waals surface area (Å²) in [6.45, 7) is 0. The Hall–Kier alpha value is -3.75. The number of aromatic nitrogens is 2. The van der Waals surface area contributed by atoms with Crippen molar-refractivity contribution in [1.82, 2.24) is 9.97 Å². The van der Waals surface area contributed by atoms with Crippen molar-refractivity contribution in [2.24, 2.45) is 10.2 Å². The van der Waals surface area contributed by atoms with Crippen LogP contribution in [0.4, 0.5) is 5.69 Å². The zero-order chi connectivity index (χ0) is 23.8. The number of azo groups is 1. The van der Waals surface area contributed by atoms with Gasteiger partial charge in [-0.3, -0.25) is 4.79 Å². The van der Waals surface area contributed by atoms with E-state index in [1.807, 2.05) is 24.3 Å². The lowest BCUT2D eigenvalue weighted by atomic mass is 10.0. The highest BCUT2D eigenvalue weighted by atomic mass is 79.9. The lowest BCUT2D eigenvalue weighted by molar-refractivity contribution is 0.0996. The highest BCUT2D eigenvalue weighted by Crippen LogP contribution is 2.37. The molecule has 0 aliphatic carbocycles. The first-order valence-electron chi connectivity index (χ1n) is 10.1. The lowest BCUT2D eigenvalue weighted by Gasteiger charge is -2.09. The first-order chi connectivity index (χ1) is 16.4. The number of aromatic amines is 1. The van der Waals surface area contributed by atoms with E-state index in [0.29, 0.717) is 43.8 Å². The third-order valence-electron chi connectivity index (χ3n) is 5.34. The molecular formula is C25H16BrClN4O3. The number of carbonyl (C=O) groups is 1. The Kier molecular flexibility index (Phi) is 5.77. The van der Waals surface area contributed by atoms with Crippen LogP contribution in [0.3, 0.4) is 0 Å². The van der Waals surface area contributed by atoms with Gasteiger partial charge in [0.05, 0.1) is 29.4 Å². The zero-order valence-corrected chi connectivity index (χ0v) is 20.1. The summed E-state index contributed by atoms with van der Waals surface area (Å²) in [4.78, 5) is 20.8. The zero-order valence-electron chi connectivity index (χ0n) is 17.7. The smallest absolute Gasteiger partial charge is 0.296 e. The number of nitrogens with zero attached hydrogens (tertiary/aromatic N) is 3. The predicted molar refractivity (Wildman–Crippen MR) is 135 cm³/mol. The molecule has 7 nitrogen and oxygen atoms in total. The summed E-state index contributed by atoms with van der Waals surface area (Å²) in [5.41, 5.74) is 3.14. The molecular weight excluding hydrogens is 520 g/mol. The second-order valence-electron chi connectivity index (χ2n) is 7.46. The molecule has 0 radical (unpaired) electrons. The number of ether oxygens (including phenoxy) is 1. The summed E-state index contributed by atoms with van der Waals surface area (Å²) >= 11 is 9.51. The predicted octanol–water partition coefficient (Wildman–Crippen LogP) is 7.44. The molecule has 0 aliphatic rings. The SMILES string of the molecule is COc1ccc2nc(-c3ccc(Br)cc3)cc(C(=O)N=Nc3c(O)[nH]c4ccc(Cl)cc34)c2c1. The molecule has 2 heterocycles. The molecule has 3 aromatic carbocycles. The number of fused-ring (bicyclic) bond motifs is 2. The molecule has 0 atom stereocenters. The van der Waals surface area contributed by atoms with Gasteiger partial charge in [0, 0.05) is 25.8 Å². The molecule has 0 fully saturated rings. The molecule has 9 heteroatoms. The Labute approximate surface area is 207 Å². The van der Waals surface area contributed by atoms with Gasteiger partial charge in [0.1, 0.15) is 5.75 Å². The van der Waals surface area contributed by atoms with Crippen LogP contribution in [-0.4, -0.2) is 28.1 Å². The number of hydrogen-bond donors (Lipinski definition) is 2. The van der Waals surface area contributed by atoms with Crippen molar-refractivity contribution < 1.29 is 14.6 Å². The summed E-state index contributed by atoms with van der Waals surface area (Å²) in [5.74, 6) is -0.207. The van der Waals surface area contributed by atoms with Crippen LogP contribution in [0.25, 0.3) is 33.1 Å². The molecule has 0 saturated heterocycles. The van der Waals surface area contributed by atoms with Crippen LogP contribution in [-0.2, 0) is 0 Å². The van der Waals surface area contributed by atoms with Crippen LogP contribution in [0.2, 0.25) is 5.02 Å². The second kappa shape index (κ2) is 8.89. The van der Waals surface area contributed by atoms with Crippen molar-refractivity contribution in [3.63, 3.8) is 0 Å². The first-order valence-corrected chi connectivity index (χ1v) is 11.3. The quantitative estimate of drug-likeness (QED) is 0.234. The molecule has 168 valence electrons. The molecule has 2 aromatic heterocycles. The maximum absolute atomic E-state index is 13.3. The fourth-order valence-electron chi connectivity index (χ4n) is 3.66. The number of aromatic hydroxyl groups is 1. The van der Waals surface area contributed by atoms with Gasteiger partial charge in [-0.05, 0) is 54.6 Å². The first kappa shape index (κ1) is 22.1. The molecule has 2 N–H and O–H groups in total. The number of rotatable bonds is 4. The average molecular weight is 536 g/mol. The Morgan fingerprint density at radius 1 is 1.06 bits per heavy atom. The number of amides is 1. The molecule has 0 spiro atoms. The minimum atomic E-state index is -0.588. The van der Waals surface area contributed by atoms with E-state index < -0.39 is 5.91 Å². The summed E-state index contributed by atoms with van der Waals surface area (Å²) in [6.07, 6.45) is 0. The highest BCUT2D eigenvalue weighted by Gasteiger charge is 2.17. The van der Waals surface area contributed by atoms with Crippen molar-refractivity contribution in [2.75, 3.05) is 7.11 Å². The van der Waals surface area contributed by atoms with E-state index in [2.05, 4.69) is 31.1 Å². The molecule has 0 saturated carbocycles. The summed E-state index contributed by atoms with van der Waals surface area (Å²) in [5, 5.41) is 19.8. The van der Waals surface area contributed by atoms with Gasteiger partial charge in [-0.25, -0.2) is 4.98 Å². The van der Waals surface area contributed by atoms with Crippen LogP contribution in [0.15, 0.2) is 81.4 Å². The van der Waals surface area contributed by atoms with Crippen molar-refractivity contribution in [1.29, 1.82) is 0 Å². The lowest BCUT2D eigenvalue weighted by Crippen LogP contribution is -1.99. The van der Waals surface area contributed by atoms with Gasteiger partial charge in [-0.15, -0.1) is 10.2 Å². The van der Waals surface area contributed by atoms with Crippen molar-refractivity contribution >= 4 is 60.9 Å². The monoisotopic (exact) mass is 534 g/mol. The Morgan fingerprint density at radius 3 is 2.62 bits per heavy atom. The van der Waals surface area contributed by atoms with E-state index in [4.69, 9.17) is 21.3 Å². The standard InChI is InChI=1S/C25H16BrClN4O3/c1-34-16-7-9-20-17(11-16)18(12-22(28-20)13-2-4-14(26)5-3-13)24(32)31-30-23-19-10-15(27)6-8-21(19)29-25(23)33/h2-12,29,33H,1H3. The van der Waals surface area contributed by atoms with Gasteiger partial charge in [0.2, 0.25) is 5.88 Å². The third-order valence-corrected chi connectivity index (χ3v) is 6.10. The molecule has 5 aromatic rings. The van der Waals surface area contributed by atoms with Crippen LogP contribution >= 0.6 is 27.5 Å². The van der Waals surface area contributed by atoms with E-state index in [9.17, 15) is 9.90 Å². The minimum Gasteiger partial charge on any atom is -0.497 e. The van der Waals surface area contributed by atoms with Gasteiger partial charge < -0.3 is 14.8 Å². The second-order valence-corrected chi connectivity index (χ2v) is 8.81. The van der Waals surface area contributed by atoms with Crippen LogP contribution in [0.1, 0.15) is 10.4 Å². The van der Waals surface area contributed by atoms with Crippen molar-refractivity contribution in [3.05, 3.63) is 81.8 Å². The summed E-state index contributed by atoms with van der Waals surface area (Å²) in [7, 11) is 1.55. The van der Waals surface area contributed by atoms with Crippen LogP contribution in [0.5, 0.6) is 11.6 Å². The normalized spacial score (nSPS) is 11.5. The topological polar surface area (TPSA) is 99.9 Å². The van der Waals surface area contributed by atoms with E-state index in [1.54, 1.807) is 49.6 Å². The van der Waals surface area contributed by atoms with Gasteiger partial charge >= 0.3 is 0 Å². The van der Waals surface area contributed by atoms with Gasteiger partial charge in [0.25, 0.3) is 5.91 Å². The Balaban J connectivity index is 1.63. The maximum Gasteiger partial charge on any atom is 0.296 e. The molecule has 1 amide bonds. The Morgan fingerprint density at radius 2 is 1.85 bits per heavy atom. The van der Waals surface area contributed by atoms with Gasteiger partial charge in [-0.2, -0.15) is 0 Å². The van der Waals surface area contributed by atoms with E-state index in [1.165, 1.54) is 0 Å². The number of pyridine rings is 1. The highest BCUT2D eigenvalue weighted by molar-refractivity contribution is 9.10. The molecule has 0 aliphatic heterocycles. The fourth-order valence-corrected chi connectivity index (χ4v) is 4.10. The number of methoxy groups -OCH3 is 1.